The van der Waals surface area contributed by atoms with Crippen LogP contribution in [0, 0.1) is 6.92 Å². The van der Waals surface area contributed by atoms with Crippen molar-refractivity contribution in [3.05, 3.63) is 77.9 Å². The molecule has 9 nitrogen and oxygen atoms in total. The van der Waals surface area contributed by atoms with E-state index in [1.807, 2.05) is 6.92 Å². The number of anilines is 1. The molecule has 0 saturated heterocycles. The zero-order valence-corrected chi connectivity index (χ0v) is 22.5. The minimum Gasteiger partial charge on any atom is -0.497 e. The second-order valence-corrected chi connectivity index (χ2v) is 12.7. The molecule has 3 aromatic carbocycles. The lowest BCUT2D eigenvalue weighted by Gasteiger charge is -2.35. The Morgan fingerprint density at radius 3 is 2.22 bits per heavy atom. The smallest absolute Gasteiger partial charge is 0.264 e. The van der Waals surface area contributed by atoms with Crippen LogP contribution in [0.4, 0.5) is 5.69 Å². The highest BCUT2D eigenvalue weighted by atomic mass is 32.2. The van der Waals surface area contributed by atoms with E-state index in [2.05, 4.69) is 5.32 Å². The summed E-state index contributed by atoms with van der Waals surface area (Å²) in [5, 5.41) is 2.84. The van der Waals surface area contributed by atoms with Crippen LogP contribution < -0.4 is 19.1 Å². The van der Waals surface area contributed by atoms with Crippen molar-refractivity contribution in [2.75, 3.05) is 24.2 Å². The van der Waals surface area contributed by atoms with Gasteiger partial charge in [0.2, 0.25) is 0 Å². The molecule has 0 unspecified atom stereocenters. The van der Waals surface area contributed by atoms with E-state index in [0.29, 0.717) is 17.0 Å². The Bertz CT molecular complexity index is 1520. The number of fused-ring (bicyclic) bond motifs is 1. The summed E-state index contributed by atoms with van der Waals surface area (Å²) < 4.78 is 62.9. The highest BCUT2D eigenvalue weighted by Crippen LogP contribution is 2.38. The molecular weight excluding hydrogens is 516 g/mol. The molecule has 0 aromatic heterocycles. The fourth-order valence-corrected chi connectivity index (χ4v) is 6.10. The first-order chi connectivity index (χ1) is 17.4. The van der Waals surface area contributed by atoms with E-state index in [-0.39, 0.29) is 22.1 Å². The quantitative estimate of drug-likeness (QED) is 0.485. The van der Waals surface area contributed by atoms with Crippen molar-refractivity contribution in [1.82, 2.24) is 5.32 Å². The van der Waals surface area contributed by atoms with Crippen molar-refractivity contribution in [3.8, 4) is 11.5 Å². The van der Waals surface area contributed by atoms with E-state index in [1.165, 1.54) is 35.7 Å². The lowest BCUT2D eigenvalue weighted by Crippen LogP contribution is -2.51. The number of rotatable bonds is 7. The number of nitrogens with one attached hydrogen (secondary N) is 1. The van der Waals surface area contributed by atoms with E-state index in [1.54, 1.807) is 49.4 Å². The summed E-state index contributed by atoms with van der Waals surface area (Å²) in [7, 11) is -5.87. The minimum absolute atomic E-state index is 0.0558. The van der Waals surface area contributed by atoms with Crippen LogP contribution >= 0.6 is 0 Å². The zero-order chi connectivity index (χ0) is 27.0. The van der Waals surface area contributed by atoms with Crippen LogP contribution in [0.15, 0.2) is 76.5 Å². The molecule has 4 rings (SSSR count). The largest absolute Gasteiger partial charge is 0.497 e. The maximum Gasteiger partial charge on any atom is 0.264 e. The summed E-state index contributed by atoms with van der Waals surface area (Å²) in [6.07, 6.45) is 0.0129. The van der Waals surface area contributed by atoms with Gasteiger partial charge in [-0.1, -0.05) is 18.2 Å². The van der Waals surface area contributed by atoms with E-state index >= 15 is 0 Å². The molecule has 1 N–H and O–H groups in total. The molecule has 0 spiro atoms. The number of aryl methyl sites for hydroxylation is 1. The Balaban J connectivity index is 1.60. The average Bonchev–Trinajstić information content (AvgIpc) is 2.87. The fraction of sp³-hybridized carbons (Fsp3) is 0.269. The first-order valence-electron chi connectivity index (χ1n) is 11.4. The van der Waals surface area contributed by atoms with Crippen LogP contribution in [0.1, 0.15) is 24.1 Å². The standard InChI is InChI=1S/C26H28N2O7S2/c1-17-5-14-23-24(15-17)35-25(16-28(23)37(32,33)22-12-8-20(34-3)9-13-22)26(29)27-18(2)19-6-10-21(11-7-19)36(4,30)31/h5-15,18,25H,16H2,1-4H3,(H,27,29)/t18-,25-/m0/s1. The number of hydrogen-bond acceptors (Lipinski definition) is 7. The van der Waals surface area contributed by atoms with Gasteiger partial charge in [-0.25, -0.2) is 16.8 Å². The molecule has 2 atom stereocenters. The number of benzene rings is 3. The number of carbonyl (C=O) groups excluding carboxylic acids is 1. The van der Waals surface area contributed by atoms with Crippen LogP contribution in [-0.4, -0.2) is 48.8 Å². The van der Waals surface area contributed by atoms with Crippen LogP contribution in [0.2, 0.25) is 0 Å². The van der Waals surface area contributed by atoms with Crippen molar-refractivity contribution < 1.29 is 31.1 Å². The molecular formula is C26H28N2O7S2. The monoisotopic (exact) mass is 544 g/mol. The first kappa shape index (κ1) is 26.5. The van der Waals surface area contributed by atoms with Gasteiger partial charge in [0.1, 0.15) is 11.5 Å². The average molecular weight is 545 g/mol. The molecule has 196 valence electrons. The van der Waals surface area contributed by atoms with Crippen molar-refractivity contribution >= 4 is 31.5 Å². The van der Waals surface area contributed by atoms with Crippen LogP contribution in [0.5, 0.6) is 11.5 Å². The maximum absolute atomic E-state index is 13.6. The number of ether oxygens (including phenoxy) is 2. The third-order valence-corrected chi connectivity index (χ3v) is 9.01. The summed E-state index contributed by atoms with van der Waals surface area (Å²) in [4.78, 5) is 13.5. The lowest BCUT2D eigenvalue weighted by molar-refractivity contribution is -0.128. The predicted molar refractivity (Wildman–Crippen MR) is 139 cm³/mol. The van der Waals surface area contributed by atoms with E-state index < -0.39 is 37.9 Å². The molecule has 0 saturated carbocycles. The molecule has 0 radical (unpaired) electrons. The second-order valence-electron chi connectivity index (χ2n) is 8.86. The minimum atomic E-state index is -4.02. The summed E-state index contributed by atoms with van der Waals surface area (Å²) in [5.41, 5.74) is 1.88. The highest BCUT2D eigenvalue weighted by molar-refractivity contribution is 7.92. The predicted octanol–water partition coefficient (Wildman–Crippen LogP) is 3.24. The Hall–Kier alpha value is -3.57. The Labute approximate surface area is 217 Å². The number of sulfone groups is 1. The molecule has 1 amide bonds. The Morgan fingerprint density at radius 2 is 1.62 bits per heavy atom. The van der Waals surface area contributed by atoms with Gasteiger partial charge in [0.05, 0.1) is 35.2 Å². The van der Waals surface area contributed by atoms with Crippen LogP contribution in [0.3, 0.4) is 0 Å². The molecule has 37 heavy (non-hydrogen) atoms. The molecule has 1 aliphatic heterocycles. The number of amides is 1. The molecule has 0 bridgehead atoms. The molecule has 0 aliphatic carbocycles. The number of carbonyl (C=O) groups is 1. The Kier molecular flexibility index (Phi) is 7.20. The third-order valence-electron chi connectivity index (χ3n) is 6.09. The normalized spacial score (nSPS) is 16.3. The van der Waals surface area contributed by atoms with Crippen molar-refractivity contribution in [2.24, 2.45) is 0 Å². The summed E-state index contributed by atoms with van der Waals surface area (Å²) in [5.74, 6) is 0.309. The molecule has 3 aromatic rings. The highest BCUT2D eigenvalue weighted by Gasteiger charge is 2.38. The number of hydrogen-bond donors (Lipinski definition) is 1. The van der Waals surface area contributed by atoms with Gasteiger partial charge in [-0.15, -0.1) is 0 Å². The van der Waals surface area contributed by atoms with E-state index in [4.69, 9.17) is 9.47 Å². The van der Waals surface area contributed by atoms with Gasteiger partial charge in [-0.2, -0.15) is 0 Å². The summed E-state index contributed by atoms with van der Waals surface area (Å²) in [6.45, 7) is 3.37. The van der Waals surface area contributed by atoms with Crippen LogP contribution in [-0.2, 0) is 24.7 Å². The SMILES string of the molecule is COc1ccc(S(=O)(=O)N2C[C@@H](C(=O)N[C@@H](C)c3ccc(S(C)(=O)=O)cc3)Oc3cc(C)ccc32)cc1. The topological polar surface area (TPSA) is 119 Å². The lowest BCUT2D eigenvalue weighted by atomic mass is 10.1. The van der Waals surface area contributed by atoms with Gasteiger partial charge in [0.25, 0.3) is 15.9 Å². The van der Waals surface area contributed by atoms with Gasteiger partial charge in [0.15, 0.2) is 15.9 Å². The molecule has 11 heteroatoms. The number of sulfonamides is 1. The van der Waals surface area contributed by atoms with Gasteiger partial charge < -0.3 is 14.8 Å². The Morgan fingerprint density at radius 1 is 1.00 bits per heavy atom. The van der Waals surface area contributed by atoms with E-state index in [0.717, 1.165) is 11.8 Å². The number of nitrogens with zero attached hydrogens (tertiary/aromatic N) is 1. The third kappa shape index (κ3) is 5.57. The van der Waals surface area contributed by atoms with Gasteiger partial charge in [0, 0.05) is 6.26 Å². The van der Waals surface area contributed by atoms with Crippen LogP contribution in [0.25, 0.3) is 0 Å². The van der Waals surface area contributed by atoms with Gasteiger partial charge in [-0.05, 0) is 73.5 Å². The molecule has 1 aliphatic rings. The van der Waals surface area contributed by atoms with Crippen molar-refractivity contribution in [1.29, 1.82) is 0 Å². The molecule has 0 fully saturated rings. The van der Waals surface area contributed by atoms with Gasteiger partial charge in [-0.3, -0.25) is 9.10 Å². The number of methoxy groups -OCH3 is 1. The fourth-order valence-electron chi connectivity index (χ4n) is 3.99. The van der Waals surface area contributed by atoms with Gasteiger partial charge >= 0.3 is 0 Å². The molecule has 1 heterocycles. The first-order valence-corrected chi connectivity index (χ1v) is 14.8. The second kappa shape index (κ2) is 10.1. The van der Waals surface area contributed by atoms with Crippen molar-refractivity contribution in [3.63, 3.8) is 0 Å². The maximum atomic E-state index is 13.6. The summed E-state index contributed by atoms with van der Waals surface area (Å²) in [6, 6.07) is 16.9. The zero-order valence-electron chi connectivity index (χ0n) is 20.8. The van der Waals surface area contributed by atoms with E-state index in [9.17, 15) is 21.6 Å². The summed E-state index contributed by atoms with van der Waals surface area (Å²) >= 11 is 0. The van der Waals surface area contributed by atoms with Crippen molar-refractivity contribution in [2.45, 2.75) is 35.8 Å².